The molecule has 0 atom stereocenters. The Bertz CT molecular complexity index is 1500. The summed E-state index contributed by atoms with van der Waals surface area (Å²) in [5, 5.41) is 10.7. The van der Waals surface area contributed by atoms with Crippen LogP contribution in [0.5, 0.6) is 0 Å². The van der Waals surface area contributed by atoms with Crippen LogP contribution in [0, 0.1) is 13.8 Å². The fourth-order valence-electron chi connectivity index (χ4n) is 3.40. The summed E-state index contributed by atoms with van der Waals surface area (Å²) in [4.78, 5) is 9.14. The first-order valence-corrected chi connectivity index (χ1v) is 10.5. The number of nitrogens with zero attached hydrogens (tertiary/aromatic N) is 6. The van der Waals surface area contributed by atoms with Crippen molar-refractivity contribution in [2.75, 3.05) is 11.5 Å². The summed E-state index contributed by atoms with van der Waals surface area (Å²) in [7, 11) is 0. The number of hydrogen-bond acceptors (Lipinski definition) is 6. The van der Waals surface area contributed by atoms with Crippen LogP contribution < -0.4 is 11.5 Å². The zero-order valence-corrected chi connectivity index (χ0v) is 18.7. The maximum atomic E-state index is 6.41. The van der Waals surface area contributed by atoms with E-state index in [2.05, 4.69) is 15.2 Å². The Morgan fingerprint density at radius 2 is 1.38 bits per heavy atom. The minimum absolute atomic E-state index is 0.292. The highest BCUT2D eigenvalue weighted by Gasteiger charge is 2.18. The van der Waals surface area contributed by atoms with Crippen molar-refractivity contribution in [3.8, 4) is 22.8 Å². The molecule has 3 heterocycles. The number of fused-ring (bicyclic) bond motifs is 1. The normalized spacial score (nSPS) is 11.4. The van der Waals surface area contributed by atoms with Gasteiger partial charge in [-0.3, -0.25) is 0 Å². The van der Waals surface area contributed by atoms with Gasteiger partial charge in [0.2, 0.25) is 0 Å². The third-order valence-electron chi connectivity index (χ3n) is 5.31. The molecule has 0 saturated carbocycles. The van der Waals surface area contributed by atoms with Crippen molar-refractivity contribution in [3.05, 3.63) is 70.0 Å². The van der Waals surface area contributed by atoms with Crippen LogP contribution in [0.3, 0.4) is 0 Å². The Balaban J connectivity index is 1.65. The first-order valence-electron chi connectivity index (χ1n) is 9.71. The van der Waals surface area contributed by atoms with Crippen LogP contribution >= 0.6 is 23.2 Å². The molecule has 0 unspecified atom stereocenters. The summed E-state index contributed by atoms with van der Waals surface area (Å²) in [6.07, 6.45) is 3.23. The van der Waals surface area contributed by atoms with E-state index >= 15 is 0 Å². The van der Waals surface area contributed by atoms with Crippen LogP contribution in [0.15, 0.2) is 48.8 Å². The number of rotatable bonds is 3. The minimum Gasteiger partial charge on any atom is -0.383 e. The first kappa shape index (κ1) is 20.3. The van der Waals surface area contributed by atoms with Gasteiger partial charge in [-0.05, 0) is 49.2 Å². The largest absolute Gasteiger partial charge is 0.383 e. The smallest absolute Gasteiger partial charge is 0.169 e. The molecule has 0 spiro atoms. The lowest BCUT2D eigenvalue weighted by Gasteiger charge is -2.08. The van der Waals surface area contributed by atoms with Crippen molar-refractivity contribution in [2.45, 2.75) is 13.8 Å². The first-order chi connectivity index (χ1) is 15.3. The van der Waals surface area contributed by atoms with Gasteiger partial charge in [-0.25, -0.2) is 19.3 Å². The van der Waals surface area contributed by atoms with Gasteiger partial charge < -0.3 is 11.5 Å². The standard InChI is InChI=1S/C22H18Cl2N8/c1-11-3-5-13(7-17(11)23)31-20(26)16(10-27-31)21-29-19(25)15-9-28-32(22(15)30-21)14-6-4-12(2)18(24)8-14/h3-10H,26H2,1-2H3,(H2,25,29,30). The quantitative estimate of drug-likeness (QED) is 0.397. The Morgan fingerprint density at radius 3 is 2.00 bits per heavy atom. The highest BCUT2D eigenvalue weighted by molar-refractivity contribution is 6.31. The van der Waals surface area contributed by atoms with Gasteiger partial charge in [0.1, 0.15) is 11.6 Å². The topological polar surface area (TPSA) is 113 Å². The van der Waals surface area contributed by atoms with Crippen LogP contribution in [-0.4, -0.2) is 29.5 Å². The van der Waals surface area contributed by atoms with Gasteiger partial charge in [-0.2, -0.15) is 10.2 Å². The van der Waals surface area contributed by atoms with Crippen molar-refractivity contribution in [3.63, 3.8) is 0 Å². The van der Waals surface area contributed by atoms with Gasteiger partial charge in [0.15, 0.2) is 11.5 Å². The molecule has 160 valence electrons. The second kappa shape index (κ2) is 7.51. The van der Waals surface area contributed by atoms with Crippen LogP contribution in [-0.2, 0) is 0 Å². The third-order valence-corrected chi connectivity index (χ3v) is 6.12. The minimum atomic E-state index is 0.292. The SMILES string of the molecule is Cc1ccc(-n2ncc(-c3nc(N)c4cnn(-c5ccc(C)c(Cl)c5)c4n3)c2N)cc1Cl. The molecule has 3 aromatic heterocycles. The number of benzene rings is 2. The summed E-state index contributed by atoms with van der Waals surface area (Å²) in [5.41, 5.74) is 17.2. The molecule has 0 radical (unpaired) electrons. The molecule has 0 aliphatic heterocycles. The van der Waals surface area contributed by atoms with Crippen molar-refractivity contribution in [1.82, 2.24) is 29.5 Å². The summed E-state index contributed by atoms with van der Waals surface area (Å²) >= 11 is 12.6. The molecule has 5 aromatic rings. The number of nitrogen functional groups attached to an aromatic ring is 2. The monoisotopic (exact) mass is 464 g/mol. The number of aryl methyl sites for hydroxylation is 2. The predicted octanol–water partition coefficient (Wildman–Crippen LogP) is 4.76. The average Bonchev–Trinajstić information content (AvgIpc) is 3.36. The van der Waals surface area contributed by atoms with Gasteiger partial charge in [0.05, 0.1) is 34.7 Å². The number of halogens is 2. The molecule has 8 nitrogen and oxygen atoms in total. The molecule has 2 aromatic carbocycles. The van der Waals surface area contributed by atoms with E-state index in [1.54, 1.807) is 27.8 Å². The molecule has 0 aliphatic carbocycles. The second-order valence-electron chi connectivity index (χ2n) is 7.45. The van der Waals surface area contributed by atoms with Crippen LogP contribution in [0.1, 0.15) is 11.1 Å². The zero-order valence-electron chi connectivity index (χ0n) is 17.2. The Labute approximate surface area is 193 Å². The molecule has 10 heteroatoms. The van der Waals surface area contributed by atoms with Crippen molar-refractivity contribution < 1.29 is 0 Å². The molecular formula is C22H18Cl2N8. The fraction of sp³-hybridized carbons (Fsp3) is 0.0909. The highest BCUT2D eigenvalue weighted by atomic mass is 35.5. The molecule has 0 aliphatic rings. The van der Waals surface area contributed by atoms with Gasteiger partial charge in [-0.1, -0.05) is 35.3 Å². The zero-order chi connectivity index (χ0) is 22.6. The van der Waals surface area contributed by atoms with Gasteiger partial charge >= 0.3 is 0 Å². The fourth-order valence-corrected chi connectivity index (χ4v) is 3.75. The van der Waals surface area contributed by atoms with E-state index in [0.29, 0.717) is 44.1 Å². The highest BCUT2D eigenvalue weighted by Crippen LogP contribution is 2.30. The lowest BCUT2D eigenvalue weighted by Crippen LogP contribution is -2.05. The van der Waals surface area contributed by atoms with E-state index in [1.165, 1.54) is 0 Å². The molecule has 5 rings (SSSR count). The predicted molar refractivity (Wildman–Crippen MR) is 128 cm³/mol. The second-order valence-corrected chi connectivity index (χ2v) is 8.26. The maximum Gasteiger partial charge on any atom is 0.169 e. The molecule has 0 fully saturated rings. The Hall–Kier alpha value is -3.62. The van der Waals surface area contributed by atoms with Gasteiger partial charge in [0.25, 0.3) is 0 Å². The molecule has 0 saturated heterocycles. The summed E-state index contributed by atoms with van der Waals surface area (Å²) < 4.78 is 3.25. The van der Waals surface area contributed by atoms with E-state index in [0.717, 1.165) is 22.5 Å². The van der Waals surface area contributed by atoms with E-state index < -0.39 is 0 Å². The van der Waals surface area contributed by atoms with Crippen LogP contribution in [0.2, 0.25) is 10.0 Å². The third kappa shape index (κ3) is 3.24. The lowest BCUT2D eigenvalue weighted by molar-refractivity contribution is 0.890. The summed E-state index contributed by atoms with van der Waals surface area (Å²) in [6.45, 7) is 3.87. The van der Waals surface area contributed by atoms with Gasteiger partial charge in [0, 0.05) is 10.0 Å². The van der Waals surface area contributed by atoms with Gasteiger partial charge in [-0.15, -0.1) is 0 Å². The van der Waals surface area contributed by atoms with Crippen molar-refractivity contribution >= 4 is 45.9 Å². The maximum absolute atomic E-state index is 6.41. The number of anilines is 2. The molecular weight excluding hydrogens is 447 g/mol. The van der Waals surface area contributed by atoms with Crippen LogP contribution in [0.4, 0.5) is 11.6 Å². The summed E-state index contributed by atoms with van der Waals surface area (Å²) in [6, 6.07) is 11.3. The Kier molecular flexibility index (Phi) is 4.76. The molecule has 0 bridgehead atoms. The molecule has 4 N–H and O–H groups in total. The van der Waals surface area contributed by atoms with E-state index in [1.807, 2.05) is 44.2 Å². The van der Waals surface area contributed by atoms with E-state index in [-0.39, 0.29) is 0 Å². The van der Waals surface area contributed by atoms with E-state index in [9.17, 15) is 0 Å². The number of nitrogens with two attached hydrogens (primary N) is 2. The number of hydrogen-bond donors (Lipinski definition) is 2. The number of aromatic nitrogens is 6. The van der Waals surface area contributed by atoms with Crippen LogP contribution in [0.25, 0.3) is 33.8 Å². The lowest BCUT2D eigenvalue weighted by atomic mass is 10.2. The summed E-state index contributed by atoms with van der Waals surface area (Å²) in [5.74, 6) is 1.00. The molecule has 32 heavy (non-hydrogen) atoms. The average molecular weight is 465 g/mol. The molecule has 0 amide bonds. The van der Waals surface area contributed by atoms with Crippen molar-refractivity contribution in [1.29, 1.82) is 0 Å². The van der Waals surface area contributed by atoms with E-state index in [4.69, 9.17) is 39.7 Å². The van der Waals surface area contributed by atoms with Crippen molar-refractivity contribution in [2.24, 2.45) is 0 Å². The Morgan fingerprint density at radius 1 is 0.781 bits per heavy atom.